The lowest BCUT2D eigenvalue weighted by molar-refractivity contribution is -0.121. The van der Waals surface area contributed by atoms with Crippen molar-refractivity contribution in [2.75, 3.05) is 39.0 Å². The number of amides is 1. The summed E-state index contributed by atoms with van der Waals surface area (Å²) in [4.78, 5) is 18.4. The van der Waals surface area contributed by atoms with E-state index in [2.05, 4.69) is 64.0 Å². The van der Waals surface area contributed by atoms with Crippen LogP contribution in [0, 0.1) is 11.8 Å². The molecule has 7 heteroatoms. The number of piperidine rings is 1. The van der Waals surface area contributed by atoms with Crippen LogP contribution in [0.2, 0.25) is 0 Å². The van der Waals surface area contributed by atoms with Gasteiger partial charge >= 0.3 is 0 Å². The molecule has 0 aromatic heterocycles. The lowest BCUT2D eigenvalue weighted by Crippen LogP contribution is -2.49. The SMILES string of the molecule is CN=C(NCC(Nc1ccccc1)C(C)C)N1CCC(CC(=O)NC)CC1.I. The molecule has 0 spiro atoms. The topological polar surface area (TPSA) is 68.8 Å². The minimum absolute atomic E-state index is 0. The molecule has 6 nitrogen and oxygen atoms in total. The van der Waals surface area contributed by atoms with Crippen LogP contribution in [0.4, 0.5) is 5.69 Å². The average molecular weight is 501 g/mol. The maximum Gasteiger partial charge on any atom is 0.220 e. The Balaban J connectivity index is 0.00000392. The summed E-state index contributed by atoms with van der Waals surface area (Å²) in [7, 11) is 3.55. The smallest absolute Gasteiger partial charge is 0.220 e. The largest absolute Gasteiger partial charge is 0.380 e. The lowest BCUT2D eigenvalue weighted by Gasteiger charge is -2.35. The van der Waals surface area contributed by atoms with E-state index < -0.39 is 0 Å². The third kappa shape index (κ3) is 7.85. The maximum atomic E-state index is 11.6. The van der Waals surface area contributed by atoms with Crippen LogP contribution >= 0.6 is 24.0 Å². The molecule has 2 rings (SSSR count). The summed E-state index contributed by atoms with van der Waals surface area (Å²) in [5.41, 5.74) is 1.14. The van der Waals surface area contributed by atoms with Gasteiger partial charge in [0.2, 0.25) is 5.91 Å². The van der Waals surface area contributed by atoms with Crippen LogP contribution in [0.25, 0.3) is 0 Å². The van der Waals surface area contributed by atoms with Crippen molar-refractivity contribution in [3.63, 3.8) is 0 Å². The summed E-state index contributed by atoms with van der Waals surface area (Å²) in [5.74, 6) is 2.06. The Labute approximate surface area is 187 Å². The first-order valence-electron chi connectivity index (χ1n) is 10.0. The number of rotatable bonds is 7. The van der Waals surface area contributed by atoms with Crippen LogP contribution in [0.5, 0.6) is 0 Å². The number of guanidine groups is 1. The summed E-state index contributed by atoms with van der Waals surface area (Å²) in [6.07, 6.45) is 2.70. The molecule has 1 aromatic rings. The van der Waals surface area contributed by atoms with Crippen LogP contribution < -0.4 is 16.0 Å². The number of benzene rings is 1. The zero-order valence-electron chi connectivity index (χ0n) is 17.6. The van der Waals surface area contributed by atoms with Gasteiger partial charge in [-0.05, 0) is 36.8 Å². The van der Waals surface area contributed by atoms with Crippen LogP contribution in [0.3, 0.4) is 0 Å². The number of carbonyl (C=O) groups excluding carboxylic acids is 1. The molecule has 1 heterocycles. The zero-order valence-corrected chi connectivity index (χ0v) is 19.9. The summed E-state index contributed by atoms with van der Waals surface area (Å²) in [6.45, 7) is 7.17. The molecule has 1 fully saturated rings. The molecule has 1 aliphatic rings. The van der Waals surface area contributed by atoms with Crippen molar-refractivity contribution >= 4 is 41.5 Å². The van der Waals surface area contributed by atoms with Gasteiger partial charge in [0, 0.05) is 51.9 Å². The Kier molecular flexibility index (Phi) is 11.3. The third-order valence-corrected chi connectivity index (χ3v) is 5.29. The van der Waals surface area contributed by atoms with E-state index in [1.807, 2.05) is 13.1 Å². The van der Waals surface area contributed by atoms with E-state index in [0.29, 0.717) is 24.3 Å². The zero-order chi connectivity index (χ0) is 19.6. The van der Waals surface area contributed by atoms with Crippen LogP contribution in [-0.4, -0.2) is 56.5 Å². The molecular weight excluding hydrogens is 465 g/mol. The number of hydrogen-bond acceptors (Lipinski definition) is 3. The van der Waals surface area contributed by atoms with E-state index >= 15 is 0 Å². The number of para-hydroxylation sites is 1. The van der Waals surface area contributed by atoms with Gasteiger partial charge in [0.25, 0.3) is 0 Å². The van der Waals surface area contributed by atoms with Crippen LogP contribution in [0.15, 0.2) is 35.3 Å². The highest BCUT2D eigenvalue weighted by atomic mass is 127. The molecule has 1 aromatic carbocycles. The minimum atomic E-state index is 0. The number of likely N-dealkylation sites (tertiary alicyclic amines) is 1. The van der Waals surface area contributed by atoms with Crippen LogP contribution in [0.1, 0.15) is 33.1 Å². The van der Waals surface area contributed by atoms with E-state index in [1.165, 1.54) is 0 Å². The van der Waals surface area contributed by atoms with Crippen molar-refractivity contribution in [3.8, 4) is 0 Å². The van der Waals surface area contributed by atoms with Crippen LogP contribution in [-0.2, 0) is 4.79 Å². The highest BCUT2D eigenvalue weighted by molar-refractivity contribution is 14.0. The van der Waals surface area contributed by atoms with E-state index in [1.54, 1.807) is 7.05 Å². The van der Waals surface area contributed by atoms with Crippen molar-refractivity contribution in [1.29, 1.82) is 0 Å². The summed E-state index contributed by atoms with van der Waals surface area (Å²) in [5, 5.41) is 9.88. The number of nitrogens with one attached hydrogen (secondary N) is 3. The van der Waals surface area contributed by atoms with Gasteiger partial charge in [-0.15, -0.1) is 24.0 Å². The normalized spacial score (nSPS) is 16.3. The fourth-order valence-electron chi connectivity index (χ4n) is 3.45. The number of carbonyl (C=O) groups is 1. The van der Waals surface area contributed by atoms with Gasteiger partial charge in [-0.25, -0.2) is 0 Å². The van der Waals surface area contributed by atoms with E-state index in [9.17, 15) is 4.79 Å². The summed E-state index contributed by atoms with van der Waals surface area (Å²) in [6, 6.07) is 10.6. The molecule has 0 bridgehead atoms. The fraction of sp³-hybridized carbons (Fsp3) is 0.619. The van der Waals surface area contributed by atoms with Gasteiger partial charge in [-0.3, -0.25) is 9.79 Å². The van der Waals surface area contributed by atoms with E-state index in [4.69, 9.17) is 0 Å². The molecule has 0 radical (unpaired) electrons. The predicted molar refractivity (Wildman–Crippen MR) is 128 cm³/mol. The molecule has 1 saturated heterocycles. The Morgan fingerprint density at radius 2 is 1.86 bits per heavy atom. The second kappa shape index (κ2) is 12.9. The Morgan fingerprint density at radius 1 is 1.21 bits per heavy atom. The number of halogens is 1. The van der Waals surface area contributed by atoms with Crippen molar-refractivity contribution in [3.05, 3.63) is 30.3 Å². The highest BCUT2D eigenvalue weighted by Gasteiger charge is 2.23. The number of aliphatic imine (C=N–C) groups is 1. The number of hydrogen-bond donors (Lipinski definition) is 3. The molecule has 1 unspecified atom stereocenters. The molecule has 1 amide bonds. The first kappa shape index (κ1) is 24.5. The van der Waals surface area contributed by atoms with Gasteiger partial charge in [0.05, 0.1) is 0 Å². The molecule has 158 valence electrons. The van der Waals surface area contributed by atoms with E-state index in [-0.39, 0.29) is 29.9 Å². The molecule has 3 N–H and O–H groups in total. The quantitative estimate of drug-likeness (QED) is 0.305. The van der Waals surface area contributed by atoms with Gasteiger partial charge in [0.15, 0.2) is 5.96 Å². The first-order valence-corrected chi connectivity index (χ1v) is 10.0. The number of nitrogens with zero attached hydrogens (tertiary/aromatic N) is 2. The van der Waals surface area contributed by atoms with Crippen molar-refractivity contribution < 1.29 is 4.79 Å². The Morgan fingerprint density at radius 3 is 2.39 bits per heavy atom. The van der Waals surface area contributed by atoms with Crippen molar-refractivity contribution in [2.45, 2.75) is 39.2 Å². The van der Waals surface area contributed by atoms with E-state index in [0.717, 1.165) is 44.1 Å². The van der Waals surface area contributed by atoms with Gasteiger partial charge in [0.1, 0.15) is 0 Å². The highest BCUT2D eigenvalue weighted by Crippen LogP contribution is 2.20. The Bertz CT molecular complexity index is 600. The van der Waals surface area contributed by atoms with Gasteiger partial charge < -0.3 is 20.9 Å². The third-order valence-electron chi connectivity index (χ3n) is 5.29. The average Bonchev–Trinajstić information content (AvgIpc) is 2.69. The second-order valence-electron chi connectivity index (χ2n) is 7.60. The minimum Gasteiger partial charge on any atom is -0.380 e. The molecule has 0 aliphatic carbocycles. The Hall–Kier alpha value is -1.51. The van der Waals surface area contributed by atoms with Gasteiger partial charge in [-0.1, -0.05) is 32.0 Å². The summed E-state index contributed by atoms with van der Waals surface area (Å²) >= 11 is 0. The monoisotopic (exact) mass is 501 g/mol. The van der Waals surface area contributed by atoms with Crippen molar-refractivity contribution in [1.82, 2.24) is 15.5 Å². The second-order valence-corrected chi connectivity index (χ2v) is 7.60. The number of anilines is 1. The van der Waals surface area contributed by atoms with Gasteiger partial charge in [-0.2, -0.15) is 0 Å². The fourth-order valence-corrected chi connectivity index (χ4v) is 3.45. The molecular formula is C21H36IN5O. The molecule has 28 heavy (non-hydrogen) atoms. The first-order chi connectivity index (χ1) is 13.0. The standard InChI is InChI=1S/C21H35N5O.HI/c1-16(2)19(25-18-8-6-5-7-9-18)15-24-21(23-4)26-12-10-17(11-13-26)14-20(27)22-3;/h5-9,16-17,19,25H,10-15H2,1-4H3,(H,22,27)(H,23,24);1H. The predicted octanol–water partition coefficient (Wildman–Crippen LogP) is 3.16. The molecule has 0 saturated carbocycles. The molecule has 1 aliphatic heterocycles. The maximum absolute atomic E-state index is 11.6. The lowest BCUT2D eigenvalue weighted by atomic mass is 9.93. The molecule has 1 atom stereocenters. The summed E-state index contributed by atoms with van der Waals surface area (Å²) < 4.78 is 0. The van der Waals surface area contributed by atoms with Crippen molar-refractivity contribution in [2.24, 2.45) is 16.8 Å².